The smallest absolute Gasteiger partial charge is 0.131 e. The monoisotopic (exact) mass is 287 g/mol. The first-order chi connectivity index (χ1) is 9.99. The molecule has 2 N–H and O–H groups in total. The van der Waals surface area contributed by atoms with Crippen LogP contribution in [0.15, 0.2) is 36.4 Å². The van der Waals surface area contributed by atoms with Gasteiger partial charge in [0.05, 0.1) is 0 Å². The van der Waals surface area contributed by atoms with E-state index < -0.39 is 0 Å². The Kier molecular flexibility index (Phi) is 4.97. The normalized spacial score (nSPS) is 11.0. The van der Waals surface area contributed by atoms with E-state index in [1.807, 2.05) is 19.1 Å². The molecule has 0 atom stereocenters. The molecule has 2 aromatic carbocycles. The van der Waals surface area contributed by atoms with Crippen LogP contribution in [0.25, 0.3) is 0 Å². The summed E-state index contributed by atoms with van der Waals surface area (Å²) in [5.74, 6) is 1.35. The average molecular weight is 287 g/mol. The summed E-state index contributed by atoms with van der Waals surface area (Å²) >= 11 is 0. The number of nitrogens with two attached hydrogens (primary N) is 1. The van der Waals surface area contributed by atoms with Gasteiger partial charge in [-0.15, -0.1) is 0 Å². The molecule has 2 nitrogen and oxygen atoms in total. The summed E-state index contributed by atoms with van der Waals surface area (Å²) in [5.41, 5.74) is 8.62. The van der Waals surface area contributed by atoms with Crippen molar-refractivity contribution in [1.29, 1.82) is 0 Å². The van der Waals surface area contributed by atoms with Gasteiger partial charge < -0.3 is 10.5 Å². The molecule has 0 aliphatic rings. The Balaban J connectivity index is 2.35. The maximum absolute atomic E-state index is 13.7. The molecule has 0 fully saturated rings. The van der Waals surface area contributed by atoms with E-state index in [0.717, 1.165) is 22.4 Å². The van der Waals surface area contributed by atoms with Gasteiger partial charge in [0, 0.05) is 6.07 Å². The van der Waals surface area contributed by atoms with Crippen molar-refractivity contribution in [2.45, 2.75) is 33.1 Å². The van der Waals surface area contributed by atoms with Crippen molar-refractivity contribution >= 4 is 0 Å². The van der Waals surface area contributed by atoms with Gasteiger partial charge in [-0.25, -0.2) is 4.39 Å². The minimum atomic E-state index is -0.297. The van der Waals surface area contributed by atoms with Gasteiger partial charge in [0.2, 0.25) is 0 Å². The highest BCUT2D eigenvalue weighted by Crippen LogP contribution is 2.32. The van der Waals surface area contributed by atoms with Crippen LogP contribution in [-0.4, -0.2) is 6.54 Å². The summed E-state index contributed by atoms with van der Waals surface area (Å²) in [4.78, 5) is 0. The lowest BCUT2D eigenvalue weighted by molar-refractivity contribution is 0.466. The molecular weight excluding hydrogens is 265 g/mol. The molecule has 0 spiro atoms. The predicted molar refractivity (Wildman–Crippen MR) is 84.5 cm³/mol. The predicted octanol–water partition coefficient (Wildman–Crippen LogP) is 4.55. The fraction of sp³-hybridized carbons (Fsp3) is 0.333. The van der Waals surface area contributed by atoms with Crippen LogP contribution in [0.5, 0.6) is 11.5 Å². The Labute approximate surface area is 125 Å². The first-order valence-corrected chi connectivity index (χ1v) is 7.27. The molecule has 0 aliphatic carbocycles. The van der Waals surface area contributed by atoms with Crippen LogP contribution in [0.3, 0.4) is 0 Å². The van der Waals surface area contributed by atoms with Gasteiger partial charge >= 0.3 is 0 Å². The van der Waals surface area contributed by atoms with Crippen molar-refractivity contribution in [3.05, 3.63) is 58.9 Å². The van der Waals surface area contributed by atoms with Crippen LogP contribution in [-0.2, 0) is 6.42 Å². The molecule has 0 bridgehead atoms. The summed E-state index contributed by atoms with van der Waals surface area (Å²) in [6.45, 7) is 6.74. The fourth-order valence-electron chi connectivity index (χ4n) is 2.32. The zero-order valence-electron chi connectivity index (χ0n) is 12.8. The van der Waals surface area contributed by atoms with E-state index in [1.165, 1.54) is 12.1 Å². The standard InChI is InChI=1S/C18H22FNO/c1-12(2)17-5-4-13(3)8-18(17)21-16-10-14(6-7-20)9-15(19)11-16/h4-5,8-12H,6-7,20H2,1-3H3. The molecule has 3 heteroatoms. The number of benzene rings is 2. The Bertz CT molecular complexity index is 623. The summed E-state index contributed by atoms with van der Waals surface area (Å²) in [6.07, 6.45) is 0.638. The molecule has 0 radical (unpaired) electrons. The van der Waals surface area contributed by atoms with Gasteiger partial charge in [0.25, 0.3) is 0 Å². The van der Waals surface area contributed by atoms with Gasteiger partial charge in [-0.3, -0.25) is 0 Å². The average Bonchev–Trinajstić information content (AvgIpc) is 2.38. The highest BCUT2D eigenvalue weighted by atomic mass is 19.1. The van der Waals surface area contributed by atoms with Gasteiger partial charge in [-0.2, -0.15) is 0 Å². The van der Waals surface area contributed by atoms with Gasteiger partial charge in [-0.1, -0.05) is 26.0 Å². The van der Waals surface area contributed by atoms with Crippen LogP contribution in [0, 0.1) is 12.7 Å². The van der Waals surface area contributed by atoms with E-state index in [1.54, 1.807) is 0 Å². The highest BCUT2D eigenvalue weighted by molar-refractivity contribution is 5.43. The zero-order chi connectivity index (χ0) is 15.4. The second-order valence-corrected chi connectivity index (χ2v) is 5.63. The lowest BCUT2D eigenvalue weighted by Gasteiger charge is -2.15. The number of aryl methyl sites for hydroxylation is 1. The summed E-state index contributed by atoms with van der Waals surface area (Å²) in [5, 5.41) is 0. The van der Waals surface area contributed by atoms with Crippen molar-refractivity contribution in [1.82, 2.24) is 0 Å². The van der Waals surface area contributed by atoms with Crippen molar-refractivity contribution in [3.8, 4) is 11.5 Å². The molecule has 0 saturated carbocycles. The van der Waals surface area contributed by atoms with Gasteiger partial charge in [0.1, 0.15) is 17.3 Å². The minimum Gasteiger partial charge on any atom is -0.457 e. The molecule has 2 rings (SSSR count). The highest BCUT2D eigenvalue weighted by Gasteiger charge is 2.10. The van der Waals surface area contributed by atoms with Crippen LogP contribution >= 0.6 is 0 Å². The van der Waals surface area contributed by atoms with Crippen molar-refractivity contribution in [2.75, 3.05) is 6.54 Å². The molecule has 21 heavy (non-hydrogen) atoms. The maximum atomic E-state index is 13.7. The molecule has 0 aromatic heterocycles. The second-order valence-electron chi connectivity index (χ2n) is 5.63. The second kappa shape index (κ2) is 6.72. The van der Waals surface area contributed by atoms with E-state index in [4.69, 9.17) is 10.5 Å². The molecule has 0 amide bonds. The largest absolute Gasteiger partial charge is 0.457 e. The van der Waals surface area contributed by atoms with Crippen molar-refractivity contribution in [3.63, 3.8) is 0 Å². The van der Waals surface area contributed by atoms with Crippen molar-refractivity contribution < 1.29 is 9.13 Å². The van der Waals surface area contributed by atoms with E-state index >= 15 is 0 Å². The molecule has 0 saturated heterocycles. The van der Waals surface area contributed by atoms with Gasteiger partial charge in [0.15, 0.2) is 0 Å². The first-order valence-electron chi connectivity index (χ1n) is 7.27. The lowest BCUT2D eigenvalue weighted by Crippen LogP contribution is -2.03. The Hall–Kier alpha value is -1.87. The lowest BCUT2D eigenvalue weighted by atomic mass is 10.0. The summed E-state index contributed by atoms with van der Waals surface area (Å²) in [6, 6.07) is 10.9. The molecule has 2 aromatic rings. The Morgan fingerprint density at radius 1 is 1.14 bits per heavy atom. The fourth-order valence-corrected chi connectivity index (χ4v) is 2.32. The number of ether oxygens (including phenoxy) is 1. The Morgan fingerprint density at radius 3 is 2.57 bits per heavy atom. The van der Waals surface area contributed by atoms with Gasteiger partial charge in [-0.05, 0) is 60.7 Å². The number of halogens is 1. The molecular formula is C18H22FNO. The minimum absolute atomic E-state index is 0.297. The van der Waals surface area contributed by atoms with Crippen LogP contribution in [0.2, 0.25) is 0 Å². The van der Waals surface area contributed by atoms with Crippen molar-refractivity contribution in [2.24, 2.45) is 5.73 Å². The SMILES string of the molecule is Cc1ccc(C(C)C)c(Oc2cc(F)cc(CCN)c2)c1. The summed E-state index contributed by atoms with van der Waals surface area (Å²) in [7, 11) is 0. The number of rotatable bonds is 5. The summed E-state index contributed by atoms with van der Waals surface area (Å²) < 4.78 is 19.6. The maximum Gasteiger partial charge on any atom is 0.131 e. The first kappa shape index (κ1) is 15.5. The Morgan fingerprint density at radius 2 is 1.90 bits per heavy atom. The third kappa shape index (κ3) is 4.05. The van der Waals surface area contributed by atoms with E-state index in [2.05, 4.69) is 26.0 Å². The quantitative estimate of drug-likeness (QED) is 0.875. The van der Waals surface area contributed by atoms with E-state index in [-0.39, 0.29) is 5.82 Å². The number of hydrogen-bond acceptors (Lipinski definition) is 2. The third-order valence-corrected chi connectivity index (χ3v) is 3.38. The molecule has 0 heterocycles. The molecule has 0 unspecified atom stereocenters. The third-order valence-electron chi connectivity index (χ3n) is 3.38. The van der Waals surface area contributed by atoms with Crippen LogP contribution < -0.4 is 10.5 Å². The van der Waals surface area contributed by atoms with Crippen LogP contribution in [0.4, 0.5) is 4.39 Å². The number of hydrogen-bond donors (Lipinski definition) is 1. The zero-order valence-corrected chi connectivity index (χ0v) is 12.8. The molecule has 0 aliphatic heterocycles. The molecule has 112 valence electrons. The topological polar surface area (TPSA) is 35.2 Å². The van der Waals surface area contributed by atoms with Crippen LogP contribution in [0.1, 0.15) is 36.5 Å². The van der Waals surface area contributed by atoms with E-state index in [9.17, 15) is 4.39 Å². The van der Waals surface area contributed by atoms with E-state index in [0.29, 0.717) is 24.6 Å².